The first kappa shape index (κ1) is 15.9. The van der Waals surface area contributed by atoms with Crippen LogP contribution in [-0.2, 0) is 11.8 Å². The summed E-state index contributed by atoms with van der Waals surface area (Å²) in [6.07, 6.45) is 1.59. The Morgan fingerprint density at radius 1 is 1.28 bits per heavy atom. The summed E-state index contributed by atoms with van der Waals surface area (Å²) in [5.74, 6) is 1.35. The molecule has 3 aromatic heterocycles. The van der Waals surface area contributed by atoms with Crippen LogP contribution in [0, 0.1) is 0 Å². The molecule has 1 aromatic carbocycles. The second-order valence-electron chi connectivity index (χ2n) is 5.17. The minimum absolute atomic E-state index is 0.133. The minimum Gasteiger partial charge on any atom is -0.461 e. The van der Waals surface area contributed by atoms with Gasteiger partial charge in [0.25, 0.3) is 0 Å². The van der Waals surface area contributed by atoms with Crippen LogP contribution in [0.4, 0.5) is 5.13 Å². The topological polar surface area (TPSA) is 85.8 Å². The number of nitrogens with one attached hydrogen (secondary N) is 1. The largest absolute Gasteiger partial charge is 0.461 e. The Balaban J connectivity index is 1.40. The van der Waals surface area contributed by atoms with Crippen LogP contribution in [0.5, 0.6) is 0 Å². The number of anilines is 1. The molecule has 1 amide bonds. The smallest absolute Gasteiger partial charge is 0.236 e. The van der Waals surface area contributed by atoms with Gasteiger partial charge in [-0.3, -0.25) is 4.79 Å². The second-order valence-corrected chi connectivity index (χ2v) is 7.14. The number of hydrogen-bond donors (Lipinski definition) is 1. The van der Waals surface area contributed by atoms with Crippen molar-refractivity contribution in [3.63, 3.8) is 0 Å². The second kappa shape index (κ2) is 6.69. The van der Waals surface area contributed by atoms with Gasteiger partial charge in [-0.25, -0.2) is 4.98 Å². The zero-order valence-electron chi connectivity index (χ0n) is 13.2. The number of nitrogens with zero attached hydrogens (tertiary/aromatic N) is 4. The highest BCUT2D eigenvalue weighted by atomic mass is 32.2. The van der Waals surface area contributed by atoms with Gasteiger partial charge in [0.2, 0.25) is 5.91 Å². The van der Waals surface area contributed by atoms with Crippen LogP contribution in [0.25, 0.3) is 21.8 Å². The molecule has 126 valence electrons. The summed E-state index contributed by atoms with van der Waals surface area (Å²) in [6.45, 7) is 0. The van der Waals surface area contributed by atoms with Crippen molar-refractivity contribution >= 4 is 44.4 Å². The molecule has 4 aromatic rings. The van der Waals surface area contributed by atoms with Gasteiger partial charge in [-0.1, -0.05) is 35.2 Å². The van der Waals surface area contributed by atoms with Crippen LogP contribution in [-0.4, -0.2) is 31.4 Å². The van der Waals surface area contributed by atoms with Crippen molar-refractivity contribution < 1.29 is 9.21 Å². The highest BCUT2D eigenvalue weighted by Gasteiger charge is 2.15. The lowest BCUT2D eigenvalue weighted by molar-refractivity contribution is -0.113. The highest BCUT2D eigenvalue weighted by Crippen LogP contribution is 2.26. The van der Waals surface area contributed by atoms with Crippen molar-refractivity contribution in [1.82, 2.24) is 19.7 Å². The van der Waals surface area contributed by atoms with E-state index in [2.05, 4.69) is 20.5 Å². The lowest BCUT2D eigenvalue weighted by Gasteiger charge is -2.02. The van der Waals surface area contributed by atoms with Gasteiger partial charge >= 0.3 is 0 Å². The molecule has 0 atom stereocenters. The Morgan fingerprint density at radius 3 is 2.96 bits per heavy atom. The third-order valence-corrected chi connectivity index (χ3v) is 5.42. The van der Waals surface area contributed by atoms with E-state index in [4.69, 9.17) is 4.42 Å². The summed E-state index contributed by atoms with van der Waals surface area (Å²) in [7, 11) is 1.84. The molecular formula is C16H13N5O2S2. The lowest BCUT2D eigenvalue weighted by atomic mass is 10.3. The molecule has 0 bridgehead atoms. The van der Waals surface area contributed by atoms with E-state index in [1.165, 1.54) is 23.1 Å². The zero-order valence-corrected chi connectivity index (χ0v) is 14.8. The molecule has 0 spiro atoms. The van der Waals surface area contributed by atoms with Crippen molar-refractivity contribution in [3.05, 3.63) is 42.7 Å². The van der Waals surface area contributed by atoms with Crippen LogP contribution in [0.15, 0.2) is 52.2 Å². The van der Waals surface area contributed by atoms with Gasteiger partial charge in [-0.2, -0.15) is 0 Å². The lowest BCUT2D eigenvalue weighted by Crippen LogP contribution is -2.14. The Bertz CT molecular complexity index is 989. The maximum Gasteiger partial charge on any atom is 0.236 e. The van der Waals surface area contributed by atoms with Gasteiger partial charge in [-0.05, 0) is 24.3 Å². The summed E-state index contributed by atoms with van der Waals surface area (Å²) < 4.78 is 8.17. The molecule has 1 N–H and O–H groups in total. The summed E-state index contributed by atoms with van der Waals surface area (Å²) in [6, 6.07) is 11.4. The number of rotatable bonds is 5. The predicted molar refractivity (Wildman–Crippen MR) is 97.7 cm³/mol. The summed E-state index contributed by atoms with van der Waals surface area (Å²) in [5.41, 5.74) is 0.881. The number of fused-ring (bicyclic) bond motifs is 1. The average molecular weight is 371 g/mol. The molecule has 3 heterocycles. The van der Waals surface area contributed by atoms with Crippen molar-refractivity contribution in [2.24, 2.45) is 7.05 Å². The van der Waals surface area contributed by atoms with Crippen LogP contribution in [0.1, 0.15) is 0 Å². The Morgan fingerprint density at radius 2 is 2.16 bits per heavy atom. The Hall–Kier alpha value is -2.65. The molecule has 0 radical (unpaired) electrons. The predicted octanol–water partition coefficient (Wildman–Crippen LogP) is 3.42. The monoisotopic (exact) mass is 371 g/mol. The molecule has 0 fully saturated rings. The van der Waals surface area contributed by atoms with E-state index in [9.17, 15) is 4.79 Å². The summed E-state index contributed by atoms with van der Waals surface area (Å²) in [5, 5.41) is 12.3. The van der Waals surface area contributed by atoms with E-state index in [0.717, 1.165) is 10.2 Å². The first-order chi connectivity index (χ1) is 12.2. The number of carbonyl (C=O) groups excluding carboxylic acids is 1. The van der Waals surface area contributed by atoms with Gasteiger partial charge in [0.1, 0.15) is 0 Å². The van der Waals surface area contributed by atoms with E-state index in [0.29, 0.717) is 21.9 Å². The zero-order chi connectivity index (χ0) is 17.2. The van der Waals surface area contributed by atoms with Gasteiger partial charge in [-0.15, -0.1) is 10.2 Å². The normalized spacial score (nSPS) is 11.1. The maximum atomic E-state index is 12.2. The first-order valence-electron chi connectivity index (χ1n) is 7.42. The van der Waals surface area contributed by atoms with Crippen molar-refractivity contribution in [1.29, 1.82) is 0 Å². The van der Waals surface area contributed by atoms with Crippen molar-refractivity contribution in [3.8, 4) is 11.6 Å². The molecular weight excluding hydrogens is 358 g/mol. The molecule has 9 heteroatoms. The number of aromatic nitrogens is 4. The minimum atomic E-state index is -0.133. The first-order valence-corrected chi connectivity index (χ1v) is 9.22. The van der Waals surface area contributed by atoms with Crippen LogP contribution in [0.2, 0.25) is 0 Å². The van der Waals surface area contributed by atoms with E-state index in [1.807, 2.05) is 37.4 Å². The molecule has 4 rings (SSSR count). The third-order valence-electron chi connectivity index (χ3n) is 3.45. The quantitative estimate of drug-likeness (QED) is 0.541. The number of thiazole rings is 1. The molecule has 7 nitrogen and oxygen atoms in total. The number of carbonyl (C=O) groups is 1. The molecule has 0 saturated carbocycles. The fraction of sp³-hybridized carbons (Fsp3) is 0.125. The number of hydrogen-bond acceptors (Lipinski definition) is 7. The molecule has 0 unspecified atom stereocenters. The number of thioether (sulfide) groups is 1. The van der Waals surface area contributed by atoms with Crippen LogP contribution < -0.4 is 5.32 Å². The number of amides is 1. The number of para-hydroxylation sites is 1. The number of benzene rings is 1. The Kier molecular flexibility index (Phi) is 4.24. The maximum absolute atomic E-state index is 12.2. The van der Waals surface area contributed by atoms with Crippen LogP contribution >= 0.6 is 23.1 Å². The van der Waals surface area contributed by atoms with Crippen LogP contribution in [0.3, 0.4) is 0 Å². The van der Waals surface area contributed by atoms with E-state index < -0.39 is 0 Å². The van der Waals surface area contributed by atoms with Gasteiger partial charge in [0, 0.05) is 7.05 Å². The van der Waals surface area contributed by atoms with Gasteiger partial charge in [0.05, 0.1) is 22.2 Å². The fourth-order valence-electron chi connectivity index (χ4n) is 2.27. The van der Waals surface area contributed by atoms with Gasteiger partial charge < -0.3 is 14.3 Å². The van der Waals surface area contributed by atoms with Gasteiger partial charge in [0.15, 0.2) is 21.9 Å². The summed E-state index contributed by atoms with van der Waals surface area (Å²) in [4.78, 5) is 16.6. The Labute approximate surface area is 151 Å². The van der Waals surface area contributed by atoms with E-state index in [1.54, 1.807) is 16.9 Å². The summed E-state index contributed by atoms with van der Waals surface area (Å²) >= 11 is 2.77. The fourth-order valence-corrected chi connectivity index (χ4v) is 3.87. The van der Waals surface area contributed by atoms with Crippen molar-refractivity contribution in [2.45, 2.75) is 5.16 Å². The standard InChI is InChI=1S/C16H13N5O2S2/c1-21-14(11-6-4-8-23-11)19-20-16(21)24-9-13(22)18-15-17-10-5-2-3-7-12(10)25-15/h2-8H,9H2,1H3,(H,17,18,22). The van der Waals surface area contributed by atoms with E-state index in [-0.39, 0.29) is 11.7 Å². The molecule has 0 aliphatic heterocycles. The van der Waals surface area contributed by atoms with E-state index >= 15 is 0 Å². The molecule has 0 aliphatic carbocycles. The highest BCUT2D eigenvalue weighted by molar-refractivity contribution is 7.99. The molecule has 25 heavy (non-hydrogen) atoms. The third kappa shape index (κ3) is 3.28. The molecule has 0 aliphatic rings. The molecule has 0 saturated heterocycles. The number of furan rings is 1. The average Bonchev–Trinajstić information content (AvgIpc) is 3.32. The SMILES string of the molecule is Cn1c(SCC(=O)Nc2nc3ccccc3s2)nnc1-c1ccco1. The van der Waals surface area contributed by atoms with Crippen molar-refractivity contribution in [2.75, 3.05) is 11.1 Å².